The third kappa shape index (κ3) is 2.64. The molecule has 1 saturated carbocycles. The summed E-state index contributed by atoms with van der Waals surface area (Å²) in [6.45, 7) is 2.55. The minimum absolute atomic E-state index is 0.684. The molecule has 0 aromatic heterocycles. The fourth-order valence-electron chi connectivity index (χ4n) is 4.12. The lowest BCUT2D eigenvalue weighted by atomic mass is 9.85. The summed E-state index contributed by atoms with van der Waals surface area (Å²) in [5.74, 6) is 0. The van der Waals surface area contributed by atoms with Gasteiger partial charge in [0.05, 0.1) is 0 Å². The van der Waals surface area contributed by atoms with Gasteiger partial charge in [0.25, 0.3) is 0 Å². The van der Waals surface area contributed by atoms with Crippen LogP contribution in [0.2, 0.25) is 0 Å². The molecule has 108 valence electrons. The van der Waals surface area contributed by atoms with Gasteiger partial charge in [0.1, 0.15) is 0 Å². The first kappa shape index (κ1) is 12.8. The van der Waals surface area contributed by atoms with Crippen molar-refractivity contribution in [2.75, 3.05) is 13.1 Å². The van der Waals surface area contributed by atoms with Gasteiger partial charge in [0.15, 0.2) is 0 Å². The monoisotopic (exact) mass is 270 g/mol. The van der Waals surface area contributed by atoms with E-state index in [1.807, 2.05) is 0 Å². The zero-order chi connectivity index (χ0) is 13.4. The van der Waals surface area contributed by atoms with Crippen LogP contribution in [-0.4, -0.2) is 30.1 Å². The molecule has 1 saturated heterocycles. The highest BCUT2D eigenvalue weighted by molar-refractivity contribution is 5.32. The van der Waals surface area contributed by atoms with Gasteiger partial charge in [0.2, 0.25) is 0 Å². The van der Waals surface area contributed by atoms with Crippen LogP contribution in [0, 0.1) is 0 Å². The molecule has 2 aliphatic carbocycles. The van der Waals surface area contributed by atoms with Crippen molar-refractivity contribution in [2.45, 2.75) is 63.1 Å². The number of aryl methyl sites for hydroxylation is 1. The van der Waals surface area contributed by atoms with Crippen molar-refractivity contribution in [1.29, 1.82) is 0 Å². The summed E-state index contributed by atoms with van der Waals surface area (Å²) in [7, 11) is 0. The first-order chi connectivity index (χ1) is 9.90. The number of likely N-dealkylation sites (tertiary alicyclic amines) is 1. The molecule has 2 fully saturated rings. The smallest absolute Gasteiger partial charge is 0.0351 e. The van der Waals surface area contributed by atoms with Crippen LogP contribution in [0.1, 0.15) is 55.7 Å². The van der Waals surface area contributed by atoms with E-state index in [9.17, 15) is 0 Å². The molecule has 4 rings (SSSR count). The Hall–Kier alpha value is -0.860. The van der Waals surface area contributed by atoms with Crippen molar-refractivity contribution in [3.8, 4) is 0 Å². The highest BCUT2D eigenvalue weighted by Crippen LogP contribution is 2.35. The Kier molecular flexibility index (Phi) is 3.53. The first-order valence-corrected chi connectivity index (χ1v) is 8.48. The maximum Gasteiger partial charge on any atom is 0.0351 e. The largest absolute Gasteiger partial charge is 0.310 e. The maximum absolute atomic E-state index is 3.84. The fraction of sp³-hybridized carbons (Fsp3) is 0.667. The molecule has 1 aliphatic heterocycles. The van der Waals surface area contributed by atoms with Crippen LogP contribution in [0.4, 0.5) is 0 Å². The van der Waals surface area contributed by atoms with Gasteiger partial charge in [-0.05, 0) is 62.6 Å². The second-order valence-electron chi connectivity index (χ2n) is 6.88. The molecular weight excluding hydrogens is 244 g/mol. The van der Waals surface area contributed by atoms with E-state index in [4.69, 9.17) is 0 Å². The van der Waals surface area contributed by atoms with Gasteiger partial charge in [-0.15, -0.1) is 0 Å². The average molecular weight is 270 g/mol. The predicted octanol–water partition coefficient (Wildman–Crippen LogP) is 3.28. The van der Waals surface area contributed by atoms with E-state index in [1.165, 1.54) is 58.0 Å². The van der Waals surface area contributed by atoms with E-state index >= 15 is 0 Å². The molecule has 1 aromatic carbocycles. The van der Waals surface area contributed by atoms with Crippen molar-refractivity contribution in [1.82, 2.24) is 10.2 Å². The van der Waals surface area contributed by atoms with Gasteiger partial charge < -0.3 is 5.32 Å². The van der Waals surface area contributed by atoms with Crippen LogP contribution in [0.15, 0.2) is 24.3 Å². The molecule has 1 aromatic rings. The van der Waals surface area contributed by atoms with E-state index in [-0.39, 0.29) is 0 Å². The number of nitrogens with one attached hydrogen (secondary N) is 1. The Morgan fingerprint density at radius 3 is 2.75 bits per heavy atom. The lowest BCUT2D eigenvalue weighted by molar-refractivity contribution is 0.124. The number of hydrogen-bond donors (Lipinski definition) is 1. The van der Waals surface area contributed by atoms with Gasteiger partial charge in [-0.1, -0.05) is 24.3 Å². The summed E-state index contributed by atoms with van der Waals surface area (Å²) in [5, 5.41) is 3.84. The van der Waals surface area contributed by atoms with Gasteiger partial charge in [-0.3, -0.25) is 4.90 Å². The summed E-state index contributed by atoms with van der Waals surface area (Å²) in [6.07, 6.45) is 9.55. The Morgan fingerprint density at radius 1 is 0.950 bits per heavy atom. The number of nitrogens with zero attached hydrogens (tertiary/aromatic N) is 1. The van der Waals surface area contributed by atoms with Crippen LogP contribution >= 0.6 is 0 Å². The molecule has 2 nitrogen and oxygen atoms in total. The van der Waals surface area contributed by atoms with Gasteiger partial charge >= 0.3 is 0 Å². The number of piperidine rings is 1. The molecule has 0 spiro atoms. The fourth-order valence-corrected chi connectivity index (χ4v) is 4.12. The minimum Gasteiger partial charge on any atom is -0.310 e. The molecule has 1 heterocycles. The van der Waals surface area contributed by atoms with Crippen molar-refractivity contribution < 1.29 is 0 Å². The third-order valence-corrected chi connectivity index (χ3v) is 5.28. The number of benzene rings is 1. The normalized spacial score (nSPS) is 31.0. The molecular formula is C18H26N2. The number of rotatable bonds is 3. The SMILES string of the molecule is c1ccc2c(c1)CCCC2N1CCCC(NC2CC2)C1. The molecule has 0 amide bonds. The standard InChI is InChI=1S/C18H26N2/c1-2-8-17-14(5-1)6-3-9-18(17)20-12-4-7-16(13-20)19-15-10-11-15/h1-2,5,8,15-16,18-19H,3-4,6-7,9-13H2. The lowest BCUT2D eigenvalue weighted by Gasteiger charge is -2.41. The summed E-state index contributed by atoms with van der Waals surface area (Å²) in [4.78, 5) is 2.77. The van der Waals surface area contributed by atoms with E-state index < -0.39 is 0 Å². The lowest BCUT2D eigenvalue weighted by Crippen LogP contribution is -2.48. The predicted molar refractivity (Wildman–Crippen MR) is 82.9 cm³/mol. The van der Waals surface area contributed by atoms with Gasteiger partial charge in [-0.2, -0.15) is 0 Å². The first-order valence-electron chi connectivity index (χ1n) is 8.48. The molecule has 1 N–H and O–H groups in total. The zero-order valence-corrected chi connectivity index (χ0v) is 12.4. The topological polar surface area (TPSA) is 15.3 Å². The summed E-state index contributed by atoms with van der Waals surface area (Å²) in [6, 6.07) is 11.4. The van der Waals surface area contributed by atoms with Crippen molar-refractivity contribution in [3.63, 3.8) is 0 Å². The third-order valence-electron chi connectivity index (χ3n) is 5.28. The molecule has 0 bridgehead atoms. The van der Waals surface area contributed by atoms with E-state index in [1.54, 1.807) is 11.1 Å². The van der Waals surface area contributed by atoms with Crippen LogP contribution in [0.3, 0.4) is 0 Å². The summed E-state index contributed by atoms with van der Waals surface area (Å²) < 4.78 is 0. The van der Waals surface area contributed by atoms with Crippen molar-refractivity contribution in [2.24, 2.45) is 0 Å². The minimum atomic E-state index is 0.684. The van der Waals surface area contributed by atoms with Gasteiger partial charge in [0, 0.05) is 24.7 Å². The Balaban J connectivity index is 1.49. The molecule has 0 radical (unpaired) electrons. The molecule has 3 aliphatic rings. The molecule has 2 unspecified atom stereocenters. The Labute approximate surface area is 122 Å². The van der Waals surface area contributed by atoms with E-state index in [0.717, 1.165) is 12.1 Å². The van der Waals surface area contributed by atoms with Crippen LogP contribution in [0.5, 0.6) is 0 Å². The quantitative estimate of drug-likeness (QED) is 0.907. The van der Waals surface area contributed by atoms with Gasteiger partial charge in [-0.25, -0.2) is 0 Å². The van der Waals surface area contributed by atoms with Crippen LogP contribution < -0.4 is 5.32 Å². The maximum atomic E-state index is 3.84. The summed E-state index contributed by atoms with van der Waals surface area (Å²) >= 11 is 0. The Morgan fingerprint density at radius 2 is 1.85 bits per heavy atom. The highest BCUT2D eigenvalue weighted by atomic mass is 15.2. The second-order valence-corrected chi connectivity index (χ2v) is 6.88. The average Bonchev–Trinajstić information content (AvgIpc) is 3.31. The van der Waals surface area contributed by atoms with Crippen molar-refractivity contribution in [3.05, 3.63) is 35.4 Å². The Bertz CT molecular complexity index is 466. The van der Waals surface area contributed by atoms with Crippen molar-refractivity contribution >= 4 is 0 Å². The molecule has 2 heteroatoms. The molecule has 20 heavy (non-hydrogen) atoms. The van der Waals surface area contributed by atoms with E-state index in [0.29, 0.717) is 6.04 Å². The number of hydrogen-bond acceptors (Lipinski definition) is 2. The van der Waals surface area contributed by atoms with Crippen LogP contribution in [-0.2, 0) is 6.42 Å². The summed E-state index contributed by atoms with van der Waals surface area (Å²) in [5.41, 5.74) is 3.21. The second kappa shape index (κ2) is 5.50. The van der Waals surface area contributed by atoms with E-state index in [2.05, 4.69) is 34.5 Å². The van der Waals surface area contributed by atoms with Crippen LogP contribution in [0.25, 0.3) is 0 Å². The highest BCUT2D eigenvalue weighted by Gasteiger charge is 2.32. The zero-order valence-electron chi connectivity index (χ0n) is 12.4. The molecule has 2 atom stereocenters. The number of fused-ring (bicyclic) bond motifs is 1.